The highest BCUT2D eigenvalue weighted by Crippen LogP contribution is 2.29. The van der Waals surface area contributed by atoms with Gasteiger partial charge in [-0.2, -0.15) is 0 Å². The van der Waals surface area contributed by atoms with Crippen LogP contribution >= 0.6 is 0 Å². The highest BCUT2D eigenvalue weighted by molar-refractivity contribution is 6.04. The number of benzene rings is 3. The third-order valence-electron chi connectivity index (χ3n) is 4.90. The molecule has 0 aromatic heterocycles. The van der Waals surface area contributed by atoms with E-state index in [0.717, 1.165) is 5.56 Å². The van der Waals surface area contributed by atoms with Crippen molar-refractivity contribution in [3.05, 3.63) is 89.5 Å². The van der Waals surface area contributed by atoms with Gasteiger partial charge in [-0.25, -0.2) is 0 Å². The van der Waals surface area contributed by atoms with Crippen molar-refractivity contribution in [3.8, 4) is 5.75 Å². The molecule has 0 aliphatic carbocycles. The molecule has 1 atom stereocenters. The lowest BCUT2D eigenvalue weighted by Crippen LogP contribution is -2.28. The third-order valence-corrected chi connectivity index (χ3v) is 4.90. The fraction of sp³-hybridized carbons (Fsp3) is 0.125. The summed E-state index contributed by atoms with van der Waals surface area (Å²) < 4.78 is 5.37. The molecule has 3 amide bonds. The fourth-order valence-electron chi connectivity index (χ4n) is 3.26. The Morgan fingerprint density at radius 1 is 0.935 bits per heavy atom. The van der Waals surface area contributed by atoms with Gasteiger partial charge in [-0.05, 0) is 55.0 Å². The van der Waals surface area contributed by atoms with E-state index in [-0.39, 0.29) is 30.4 Å². The molecule has 0 saturated carbocycles. The van der Waals surface area contributed by atoms with Crippen LogP contribution < -0.4 is 20.7 Å². The average molecular weight is 415 g/mol. The maximum atomic E-state index is 12.7. The molecule has 1 unspecified atom stereocenters. The van der Waals surface area contributed by atoms with Gasteiger partial charge in [-0.15, -0.1) is 0 Å². The Morgan fingerprint density at radius 3 is 2.55 bits per heavy atom. The predicted octanol–water partition coefficient (Wildman–Crippen LogP) is 3.76. The van der Waals surface area contributed by atoms with Crippen LogP contribution in [0.5, 0.6) is 5.75 Å². The van der Waals surface area contributed by atoms with Crippen LogP contribution in [-0.2, 0) is 4.79 Å². The molecular formula is C24H21N3O4. The van der Waals surface area contributed by atoms with Crippen molar-refractivity contribution in [2.24, 2.45) is 0 Å². The van der Waals surface area contributed by atoms with Gasteiger partial charge < -0.3 is 20.7 Å². The van der Waals surface area contributed by atoms with E-state index in [0.29, 0.717) is 28.3 Å². The van der Waals surface area contributed by atoms with Crippen molar-refractivity contribution in [2.75, 3.05) is 17.2 Å². The van der Waals surface area contributed by atoms with Crippen molar-refractivity contribution in [3.63, 3.8) is 0 Å². The summed E-state index contributed by atoms with van der Waals surface area (Å²) in [5.41, 5.74) is 3.03. The molecule has 3 aromatic carbocycles. The highest BCUT2D eigenvalue weighted by atomic mass is 16.5. The second-order valence-electron chi connectivity index (χ2n) is 7.19. The van der Waals surface area contributed by atoms with E-state index < -0.39 is 0 Å². The normalized spacial score (nSPS) is 13.3. The lowest BCUT2D eigenvalue weighted by molar-refractivity contribution is -0.118. The van der Waals surface area contributed by atoms with Crippen LogP contribution in [0.3, 0.4) is 0 Å². The number of carbonyl (C=O) groups is 3. The number of amides is 3. The van der Waals surface area contributed by atoms with Gasteiger partial charge in [0.2, 0.25) is 0 Å². The van der Waals surface area contributed by atoms with E-state index in [9.17, 15) is 14.4 Å². The van der Waals surface area contributed by atoms with Crippen LogP contribution in [0.2, 0.25) is 0 Å². The standard InChI is InChI=1S/C24H21N3O4/c1-15(25-24(30)18-10-11-20-21(13-18)31-14-22(28)27-20)17-8-5-9-19(12-17)26-23(29)16-6-3-2-4-7-16/h2-13,15H,14H2,1H3,(H,25,30)(H,26,29)(H,27,28). The summed E-state index contributed by atoms with van der Waals surface area (Å²) in [5.74, 6) is -0.229. The summed E-state index contributed by atoms with van der Waals surface area (Å²) in [5, 5.41) is 8.52. The number of rotatable bonds is 5. The molecule has 7 heteroatoms. The first kappa shape index (κ1) is 20.2. The van der Waals surface area contributed by atoms with Gasteiger partial charge >= 0.3 is 0 Å². The summed E-state index contributed by atoms with van der Waals surface area (Å²) >= 11 is 0. The van der Waals surface area contributed by atoms with Gasteiger partial charge in [0.1, 0.15) is 5.75 Å². The lowest BCUT2D eigenvalue weighted by atomic mass is 10.1. The van der Waals surface area contributed by atoms with E-state index in [1.54, 1.807) is 36.4 Å². The van der Waals surface area contributed by atoms with Crippen molar-refractivity contribution < 1.29 is 19.1 Å². The first-order valence-corrected chi connectivity index (χ1v) is 9.83. The second-order valence-corrected chi connectivity index (χ2v) is 7.19. The molecule has 1 heterocycles. The molecule has 3 aromatic rings. The maximum Gasteiger partial charge on any atom is 0.262 e. The minimum atomic E-state index is -0.294. The fourth-order valence-corrected chi connectivity index (χ4v) is 3.26. The van der Waals surface area contributed by atoms with Gasteiger partial charge in [0.15, 0.2) is 6.61 Å². The molecule has 31 heavy (non-hydrogen) atoms. The Kier molecular flexibility index (Phi) is 5.66. The predicted molar refractivity (Wildman–Crippen MR) is 117 cm³/mol. The summed E-state index contributed by atoms with van der Waals surface area (Å²) in [4.78, 5) is 36.5. The molecule has 0 radical (unpaired) electrons. The largest absolute Gasteiger partial charge is 0.482 e. The van der Waals surface area contributed by atoms with E-state index in [2.05, 4.69) is 16.0 Å². The first-order valence-electron chi connectivity index (χ1n) is 9.83. The molecule has 3 N–H and O–H groups in total. The Labute approximate surface area is 179 Å². The third kappa shape index (κ3) is 4.72. The summed E-state index contributed by atoms with van der Waals surface area (Å²) in [6.07, 6.45) is 0. The molecule has 4 rings (SSSR count). The molecule has 0 saturated heterocycles. The number of hydrogen-bond donors (Lipinski definition) is 3. The molecule has 7 nitrogen and oxygen atoms in total. The number of hydrogen-bond acceptors (Lipinski definition) is 4. The van der Waals surface area contributed by atoms with Crippen LogP contribution in [0.1, 0.15) is 39.2 Å². The van der Waals surface area contributed by atoms with Gasteiger partial charge in [-0.3, -0.25) is 14.4 Å². The average Bonchev–Trinajstić information content (AvgIpc) is 2.79. The van der Waals surface area contributed by atoms with Gasteiger partial charge in [0, 0.05) is 16.8 Å². The van der Waals surface area contributed by atoms with Crippen LogP contribution in [0.4, 0.5) is 11.4 Å². The molecule has 1 aliphatic heterocycles. The van der Waals surface area contributed by atoms with E-state index in [1.165, 1.54) is 0 Å². The molecule has 1 aliphatic rings. The quantitative estimate of drug-likeness (QED) is 0.591. The number of ether oxygens (including phenoxy) is 1. The zero-order valence-electron chi connectivity index (χ0n) is 16.8. The summed E-state index contributed by atoms with van der Waals surface area (Å²) in [6, 6.07) is 20.9. The highest BCUT2D eigenvalue weighted by Gasteiger charge is 2.19. The minimum absolute atomic E-state index is 0.0734. The zero-order chi connectivity index (χ0) is 21.8. The summed E-state index contributed by atoms with van der Waals surface area (Å²) in [6.45, 7) is 1.79. The Morgan fingerprint density at radius 2 is 1.74 bits per heavy atom. The first-order chi connectivity index (χ1) is 15.0. The minimum Gasteiger partial charge on any atom is -0.482 e. The Bertz CT molecular complexity index is 1140. The SMILES string of the molecule is CC(NC(=O)c1ccc2c(c1)OCC(=O)N2)c1cccc(NC(=O)c2ccccc2)c1. The summed E-state index contributed by atoms with van der Waals surface area (Å²) in [7, 11) is 0. The molecular weight excluding hydrogens is 394 g/mol. The van der Waals surface area contributed by atoms with Crippen molar-refractivity contribution in [1.29, 1.82) is 0 Å². The van der Waals surface area contributed by atoms with Gasteiger partial charge in [0.25, 0.3) is 17.7 Å². The van der Waals surface area contributed by atoms with Crippen molar-refractivity contribution in [2.45, 2.75) is 13.0 Å². The van der Waals surface area contributed by atoms with Crippen LogP contribution in [-0.4, -0.2) is 24.3 Å². The lowest BCUT2D eigenvalue weighted by Gasteiger charge is -2.19. The number of anilines is 2. The van der Waals surface area contributed by atoms with Gasteiger partial charge in [-0.1, -0.05) is 30.3 Å². The van der Waals surface area contributed by atoms with Crippen LogP contribution in [0.15, 0.2) is 72.8 Å². The van der Waals surface area contributed by atoms with E-state index >= 15 is 0 Å². The molecule has 0 spiro atoms. The van der Waals surface area contributed by atoms with Crippen molar-refractivity contribution in [1.82, 2.24) is 5.32 Å². The molecule has 0 bridgehead atoms. The number of nitrogens with one attached hydrogen (secondary N) is 3. The number of fused-ring (bicyclic) bond motifs is 1. The van der Waals surface area contributed by atoms with Crippen LogP contribution in [0, 0.1) is 0 Å². The Hall–Kier alpha value is -4.13. The zero-order valence-corrected chi connectivity index (χ0v) is 16.8. The second kappa shape index (κ2) is 8.71. The smallest absolute Gasteiger partial charge is 0.262 e. The van der Waals surface area contributed by atoms with Gasteiger partial charge in [0.05, 0.1) is 11.7 Å². The van der Waals surface area contributed by atoms with E-state index in [1.807, 2.05) is 43.3 Å². The van der Waals surface area contributed by atoms with E-state index in [4.69, 9.17) is 4.74 Å². The number of carbonyl (C=O) groups excluding carboxylic acids is 3. The molecule has 156 valence electrons. The maximum absolute atomic E-state index is 12.7. The van der Waals surface area contributed by atoms with Crippen molar-refractivity contribution >= 4 is 29.1 Å². The monoisotopic (exact) mass is 415 g/mol. The molecule has 0 fully saturated rings. The topological polar surface area (TPSA) is 96.5 Å². The van der Waals surface area contributed by atoms with Crippen LogP contribution in [0.25, 0.3) is 0 Å². The Balaban J connectivity index is 1.43.